The topological polar surface area (TPSA) is 58.6 Å². The second kappa shape index (κ2) is 9.76. The van der Waals surface area contributed by atoms with Crippen LogP contribution in [-0.4, -0.2) is 25.0 Å². The minimum absolute atomic E-state index is 0.0398. The summed E-state index contributed by atoms with van der Waals surface area (Å²) in [6, 6.07) is 11.8. The van der Waals surface area contributed by atoms with Crippen molar-refractivity contribution in [3.05, 3.63) is 58.7 Å². The number of aryl methyl sites for hydroxylation is 2. The summed E-state index contributed by atoms with van der Waals surface area (Å²) in [5.74, 6) is 0.636. The van der Waals surface area contributed by atoms with E-state index in [1.54, 1.807) is 7.11 Å². The van der Waals surface area contributed by atoms with Crippen LogP contribution in [0.3, 0.4) is 0 Å². The molecule has 0 radical (unpaired) electrons. The number of benzene rings is 2. The number of para-hydroxylation sites is 1. The number of hydrogen-bond donors (Lipinski definition) is 1. The number of rotatable bonds is 6. The Morgan fingerprint density at radius 2 is 1.91 bits per heavy atom. The van der Waals surface area contributed by atoms with Crippen LogP contribution in [0.4, 0.5) is 5.69 Å². The summed E-state index contributed by atoms with van der Waals surface area (Å²) in [6.45, 7) is 4.36. The number of carbonyl (C=O) groups is 2. The highest BCUT2D eigenvalue weighted by molar-refractivity contribution is 6.00. The molecule has 2 aromatic carbocycles. The van der Waals surface area contributed by atoms with E-state index >= 15 is 0 Å². The molecule has 5 nitrogen and oxygen atoms in total. The number of carbonyl (C=O) groups excluding carboxylic acids is 2. The number of amides is 2. The monoisotopic (exact) mass is 434 g/mol. The van der Waals surface area contributed by atoms with Gasteiger partial charge in [0.05, 0.1) is 13.7 Å². The number of ether oxygens (including phenoxy) is 1. The molecule has 1 aliphatic carbocycles. The summed E-state index contributed by atoms with van der Waals surface area (Å²) in [5.41, 5.74) is 5.87. The normalized spacial score (nSPS) is 18.9. The molecular formula is C27H34N2O3. The predicted octanol–water partition coefficient (Wildman–Crippen LogP) is 4.58. The van der Waals surface area contributed by atoms with Crippen LogP contribution in [0.25, 0.3) is 0 Å². The highest BCUT2D eigenvalue weighted by Gasteiger charge is 2.33. The fourth-order valence-electron chi connectivity index (χ4n) is 4.92. The van der Waals surface area contributed by atoms with E-state index in [0.29, 0.717) is 13.0 Å². The van der Waals surface area contributed by atoms with E-state index < -0.39 is 6.04 Å². The van der Waals surface area contributed by atoms with E-state index in [0.717, 1.165) is 54.7 Å². The van der Waals surface area contributed by atoms with Crippen molar-refractivity contribution in [1.82, 2.24) is 5.32 Å². The maximum absolute atomic E-state index is 13.8. The molecule has 4 rings (SSSR count). The third-order valence-electron chi connectivity index (χ3n) is 7.07. The van der Waals surface area contributed by atoms with E-state index in [1.807, 2.05) is 43.0 Å². The highest BCUT2D eigenvalue weighted by atomic mass is 16.5. The number of methoxy groups -OCH3 is 1. The Kier molecular flexibility index (Phi) is 6.83. The average Bonchev–Trinajstić information content (AvgIpc) is 2.95. The Hall–Kier alpha value is -2.82. The van der Waals surface area contributed by atoms with Crippen molar-refractivity contribution in [2.75, 3.05) is 12.0 Å². The molecule has 0 saturated heterocycles. The van der Waals surface area contributed by atoms with Crippen LogP contribution in [-0.2, 0) is 35.4 Å². The molecule has 1 heterocycles. The first kappa shape index (κ1) is 22.4. The fourth-order valence-corrected chi connectivity index (χ4v) is 4.92. The lowest BCUT2D eigenvalue weighted by Crippen LogP contribution is -2.49. The van der Waals surface area contributed by atoms with Crippen LogP contribution >= 0.6 is 0 Å². The number of hydrogen-bond acceptors (Lipinski definition) is 3. The van der Waals surface area contributed by atoms with E-state index in [4.69, 9.17) is 4.74 Å². The first-order chi connectivity index (χ1) is 15.5. The van der Waals surface area contributed by atoms with Gasteiger partial charge in [-0.3, -0.25) is 9.59 Å². The van der Waals surface area contributed by atoms with Crippen molar-refractivity contribution < 1.29 is 14.3 Å². The number of nitrogens with one attached hydrogen (secondary N) is 1. The standard InChI is InChI=1S/C27H34N2O3/c1-4-18(2)26(30)28-23-15-13-20-10-6-8-12-24(20)29(27(23)31)17-22-21-11-7-5-9-19(21)14-16-25(22)32-3/h6,8,10,12,14,16,18,23H,4-5,7,9,11,13,15,17H2,1-3H3,(H,28,30)/t18-,23+/m1/s1. The van der Waals surface area contributed by atoms with Gasteiger partial charge in [0.2, 0.25) is 11.8 Å². The molecule has 0 saturated carbocycles. The van der Waals surface area contributed by atoms with Gasteiger partial charge in [0.15, 0.2) is 0 Å². The number of nitrogens with zero attached hydrogens (tertiary/aromatic N) is 1. The van der Waals surface area contributed by atoms with Gasteiger partial charge < -0.3 is 15.0 Å². The SMILES string of the molecule is CC[C@@H](C)C(=O)N[C@H]1CCc2ccccc2N(Cc2c(OC)ccc3c2CCCC3)C1=O. The molecule has 32 heavy (non-hydrogen) atoms. The fraction of sp³-hybridized carbons (Fsp3) is 0.481. The zero-order valence-electron chi connectivity index (χ0n) is 19.4. The molecule has 2 aliphatic rings. The summed E-state index contributed by atoms with van der Waals surface area (Å²) in [5, 5.41) is 3.04. The molecule has 2 atom stereocenters. The molecule has 1 N–H and O–H groups in total. The molecule has 0 aromatic heterocycles. The maximum Gasteiger partial charge on any atom is 0.249 e. The van der Waals surface area contributed by atoms with E-state index in [9.17, 15) is 9.59 Å². The zero-order valence-corrected chi connectivity index (χ0v) is 19.4. The Bertz CT molecular complexity index is 1000. The molecule has 170 valence electrons. The van der Waals surface area contributed by atoms with Gasteiger partial charge in [0.1, 0.15) is 11.8 Å². The number of anilines is 1. The molecular weight excluding hydrogens is 400 g/mol. The smallest absolute Gasteiger partial charge is 0.249 e. The van der Waals surface area contributed by atoms with Crippen molar-refractivity contribution in [2.24, 2.45) is 5.92 Å². The third-order valence-corrected chi connectivity index (χ3v) is 7.07. The maximum atomic E-state index is 13.8. The largest absolute Gasteiger partial charge is 0.496 e. The molecule has 5 heteroatoms. The second-order valence-corrected chi connectivity index (χ2v) is 9.05. The van der Waals surface area contributed by atoms with Gasteiger partial charge in [0, 0.05) is 17.2 Å². The molecule has 0 fully saturated rings. The Morgan fingerprint density at radius 3 is 2.69 bits per heavy atom. The first-order valence-corrected chi connectivity index (χ1v) is 11.9. The van der Waals surface area contributed by atoms with Gasteiger partial charge in [-0.25, -0.2) is 0 Å². The summed E-state index contributed by atoms with van der Waals surface area (Å²) < 4.78 is 5.74. The highest BCUT2D eigenvalue weighted by Crippen LogP contribution is 2.35. The predicted molar refractivity (Wildman–Crippen MR) is 127 cm³/mol. The molecule has 0 unspecified atom stereocenters. The number of fused-ring (bicyclic) bond motifs is 2. The Morgan fingerprint density at radius 1 is 1.12 bits per heavy atom. The van der Waals surface area contributed by atoms with Gasteiger partial charge in [-0.05, 0) is 73.8 Å². The van der Waals surface area contributed by atoms with Crippen molar-refractivity contribution in [3.8, 4) is 5.75 Å². The van der Waals surface area contributed by atoms with Crippen molar-refractivity contribution in [1.29, 1.82) is 0 Å². The van der Waals surface area contributed by atoms with E-state index in [1.165, 1.54) is 17.5 Å². The Labute approximate surface area is 191 Å². The molecule has 2 aromatic rings. The molecule has 0 spiro atoms. The minimum atomic E-state index is -0.519. The van der Waals surface area contributed by atoms with Crippen LogP contribution in [0.5, 0.6) is 5.75 Å². The summed E-state index contributed by atoms with van der Waals surface area (Å²) in [6.07, 6.45) is 6.57. The van der Waals surface area contributed by atoms with Gasteiger partial charge >= 0.3 is 0 Å². The van der Waals surface area contributed by atoms with Crippen LogP contribution in [0.1, 0.15) is 61.8 Å². The van der Waals surface area contributed by atoms with Crippen LogP contribution in [0.15, 0.2) is 36.4 Å². The van der Waals surface area contributed by atoms with Crippen LogP contribution in [0, 0.1) is 5.92 Å². The Balaban J connectivity index is 1.72. The summed E-state index contributed by atoms with van der Waals surface area (Å²) in [7, 11) is 1.70. The third kappa shape index (κ3) is 4.38. The van der Waals surface area contributed by atoms with Crippen molar-refractivity contribution in [3.63, 3.8) is 0 Å². The summed E-state index contributed by atoms with van der Waals surface area (Å²) in [4.78, 5) is 28.3. The van der Waals surface area contributed by atoms with Gasteiger partial charge in [-0.15, -0.1) is 0 Å². The van der Waals surface area contributed by atoms with Gasteiger partial charge in [-0.1, -0.05) is 38.1 Å². The van der Waals surface area contributed by atoms with Crippen LogP contribution in [0.2, 0.25) is 0 Å². The molecule has 2 amide bonds. The molecule has 0 bridgehead atoms. The molecule has 1 aliphatic heterocycles. The minimum Gasteiger partial charge on any atom is -0.496 e. The quantitative estimate of drug-likeness (QED) is 0.724. The summed E-state index contributed by atoms with van der Waals surface area (Å²) >= 11 is 0. The zero-order chi connectivity index (χ0) is 22.7. The average molecular weight is 435 g/mol. The van der Waals surface area contributed by atoms with Crippen LogP contribution < -0.4 is 15.0 Å². The lowest BCUT2D eigenvalue weighted by molar-refractivity contribution is -0.129. The van der Waals surface area contributed by atoms with Gasteiger partial charge in [-0.2, -0.15) is 0 Å². The van der Waals surface area contributed by atoms with E-state index in [2.05, 4.69) is 17.4 Å². The van der Waals surface area contributed by atoms with Crippen molar-refractivity contribution in [2.45, 2.75) is 71.4 Å². The lowest BCUT2D eigenvalue weighted by atomic mass is 9.87. The second-order valence-electron chi connectivity index (χ2n) is 9.05. The lowest BCUT2D eigenvalue weighted by Gasteiger charge is -2.30. The first-order valence-electron chi connectivity index (χ1n) is 11.9. The van der Waals surface area contributed by atoms with Crippen molar-refractivity contribution >= 4 is 17.5 Å². The van der Waals surface area contributed by atoms with E-state index in [-0.39, 0.29) is 17.7 Å². The van der Waals surface area contributed by atoms with Gasteiger partial charge in [0.25, 0.3) is 0 Å².